The molecule has 1 unspecified atom stereocenters. The van der Waals surface area contributed by atoms with Crippen molar-refractivity contribution < 1.29 is 0 Å². The van der Waals surface area contributed by atoms with E-state index in [4.69, 9.17) is 0 Å². The number of hydrogen-bond acceptors (Lipinski definition) is 4. The molecule has 0 aliphatic carbocycles. The van der Waals surface area contributed by atoms with E-state index in [9.17, 15) is 0 Å². The van der Waals surface area contributed by atoms with Crippen molar-refractivity contribution in [1.82, 2.24) is 29.9 Å². The Hall–Kier alpha value is -1.72. The number of rotatable bonds is 2. The van der Waals surface area contributed by atoms with E-state index in [0.717, 1.165) is 11.6 Å². The summed E-state index contributed by atoms with van der Waals surface area (Å²) in [6, 6.07) is 0.0208. The van der Waals surface area contributed by atoms with Crippen molar-refractivity contribution in [3.05, 3.63) is 24.3 Å². The third-order valence-corrected chi connectivity index (χ3v) is 1.82. The molecule has 0 saturated carbocycles. The molecule has 6 nitrogen and oxygen atoms in total. The fourth-order valence-corrected chi connectivity index (χ4v) is 1.08. The maximum absolute atomic E-state index is 4.21. The topological polar surface area (TPSA) is 72.3 Å². The minimum atomic E-state index is 0.0208. The molecule has 1 atom stereocenters. The van der Waals surface area contributed by atoms with Gasteiger partial charge in [0, 0.05) is 0 Å². The predicted octanol–water partition coefficient (Wildman–Crippen LogP) is 0.314. The highest BCUT2D eigenvalue weighted by Gasteiger charge is 2.12. The molecule has 6 heteroatoms. The quantitative estimate of drug-likeness (QED) is 0.718. The van der Waals surface area contributed by atoms with Gasteiger partial charge in [-0.15, -0.1) is 0 Å². The minimum absolute atomic E-state index is 0.0208. The molecule has 0 fully saturated rings. The van der Waals surface area contributed by atoms with Crippen LogP contribution in [0.5, 0.6) is 0 Å². The van der Waals surface area contributed by atoms with Gasteiger partial charge in [-0.25, -0.2) is 14.6 Å². The van der Waals surface area contributed by atoms with E-state index in [2.05, 4.69) is 25.3 Å². The molecule has 0 saturated heterocycles. The highest BCUT2D eigenvalue weighted by molar-refractivity contribution is 4.94. The summed E-state index contributed by atoms with van der Waals surface area (Å²) in [5.74, 6) is 1.53. The Labute approximate surface area is 75.0 Å². The van der Waals surface area contributed by atoms with Gasteiger partial charge in [-0.3, -0.25) is 5.10 Å². The molecule has 2 heterocycles. The SMILES string of the molecule is Cc1nc(C(C)n2cncn2)n[nH]1. The lowest BCUT2D eigenvalue weighted by Gasteiger charge is -2.05. The summed E-state index contributed by atoms with van der Waals surface area (Å²) in [5.41, 5.74) is 0. The lowest BCUT2D eigenvalue weighted by Crippen LogP contribution is -2.08. The van der Waals surface area contributed by atoms with Crippen molar-refractivity contribution in [3.63, 3.8) is 0 Å². The highest BCUT2D eigenvalue weighted by atomic mass is 15.4. The first-order chi connectivity index (χ1) is 6.27. The predicted molar refractivity (Wildman–Crippen MR) is 45.0 cm³/mol. The van der Waals surface area contributed by atoms with E-state index >= 15 is 0 Å². The number of aryl methyl sites for hydroxylation is 1. The summed E-state index contributed by atoms with van der Waals surface area (Å²) >= 11 is 0. The van der Waals surface area contributed by atoms with E-state index in [-0.39, 0.29) is 6.04 Å². The van der Waals surface area contributed by atoms with Crippen molar-refractivity contribution in [2.75, 3.05) is 0 Å². The van der Waals surface area contributed by atoms with Crippen LogP contribution in [0, 0.1) is 6.92 Å². The first-order valence-electron chi connectivity index (χ1n) is 4.00. The number of nitrogens with one attached hydrogen (secondary N) is 1. The van der Waals surface area contributed by atoms with Crippen LogP contribution in [0.4, 0.5) is 0 Å². The van der Waals surface area contributed by atoms with Gasteiger partial charge in [-0.1, -0.05) is 0 Å². The van der Waals surface area contributed by atoms with Gasteiger partial charge in [0.1, 0.15) is 24.5 Å². The molecule has 2 rings (SSSR count). The molecule has 2 aromatic rings. The Kier molecular flexibility index (Phi) is 1.80. The van der Waals surface area contributed by atoms with Crippen molar-refractivity contribution in [2.45, 2.75) is 19.9 Å². The highest BCUT2D eigenvalue weighted by Crippen LogP contribution is 2.10. The van der Waals surface area contributed by atoms with Crippen LogP contribution in [0.1, 0.15) is 24.6 Å². The number of H-pyrrole nitrogens is 1. The second kappa shape index (κ2) is 2.96. The zero-order valence-electron chi connectivity index (χ0n) is 7.47. The average molecular weight is 178 g/mol. The first kappa shape index (κ1) is 7.90. The standard InChI is InChI=1S/C7H10N6/c1-5(13-4-8-3-9-13)7-10-6(2)11-12-7/h3-5H,1-2H3,(H,10,11,12). The zero-order chi connectivity index (χ0) is 9.26. The smallest absolute Gasteiger partial charge is 0.174 e. The Morgan fingerprint density at radius 2 is 2.38 bits per heavy atom. The van der Waals surface area contributed by atoms with Gasteiger partial charge >= 0.3 is 0 Å². The van der Waals surface area contributed by atoms with Crippen LogP contribution in [-0.4, -0.2) is 29.9 Å². The first-order valence-corrected chi connectivity index (χ1v) is 4.00. The summed E-state index contributed by atoms with van der Waals surface area (Å²) in [4.78, 5) is 8.07. The van der Waals surface area contributed by atoms with Crippen LogP contribution in [0.2, 0.25) is 0 Å². The summed E-state index contributed by atoms with van der Waals surface area (Å²) in [6.07, 6.45) is 3.15. The molecule has 0 aromatic carbocycles. The Morgan fingerprint density at radius 1 is 1.54 bits per heavy atom. The van der Waals surface area contributed by atoms with Gasteiger partial charge in [0.2, 0.25) is 0 Å². The number of aromatic nitrogens is 6. The summed E-state index contributed by atoms with van der Waals surface area (Å²) in [5, 5.41) is 10.8. The van der Waals surface area contributed by atoms with Crippen molar-refractivity contribution >= 4 is 0 Å². The lowest BCUT2D eigenvalue weighted by molar-refractivity contribution is 0.536. The third-order valence-electron chi connectivity index (χ3n) is 1.82. The van der Waals surface area contributed by atoms with E-state index in [0.29, 0.717) is 0 Å². The summed E-state index contributed by atoms with van der Waals surface area (Å²) in [6.45, 7) is 3.84. The molecule has 1 N–H and O–H groups in total. The molecule has 0 amide bonds. The molecule has 0 aliphatic heterocycles. The monoisotopic (exact) mass is 178 g/mol. The number of nitrogens with zero attached hydrogens (tertiary/aromatic N) is 5. The summed E-state index contributed by atoms with van der Waals surface area (Å²) in [7, 11) is 0. The zero-order valence-corrected chi connectivity index (χ0v) is 7.47. The largest absolute Gasteiger partial charge is 0.263 e. The molecule has 0 aliphatic rings. The van der Waals surface area contributed by atoms with Crippen molar-refractivity contribution in [3.8, 4) is 0 Å². The molecule has 68 valence electrons. The molecular formula is C7H10N6. The third kappa shape index (κ3) is 1.42. The van der Waals surface area contributed by atoms with Gasteiger partial charge < -0.3 is 0 Å². The molecule has 13 heavy (non-hydrogen) atoms. The van der Waals surface area contributed by atoms with Gasteiger partial charge in [0.05, 0.1) is 0 Å². The van der Waals surface area contributed by atoms with E-state index < -0.39 is 0 Å². The fraction of sp³-hybridized carbons (Fsp3) is 0.429. The lowest BCUT2D eigenvalue weighted by atomic mass is 10.3. The minimum Gasteiger partial charge on any atom is -0.263 e. The number of hydrogen-bond donors (Lipinski definition) is 1. The average Bonchev–Trinajstić information content (AvgIpc) is 2.72. The van der Waals surface area contributed by atoms with Crippen LogP contribution in [-0.2, 0) is 0 Å². The van der Waals surface area contributed by atoms with Crippen molar-refractivity contribution in [1.29, 1.82) is 0 Å². The second-order valence-electron chi connectivity index (χ2n) is 2.83. The normalized spacial score (nSPS) is 13.1. The van der Waals surface area contributed by atoms with Crippen LogP contribution >= 0.6 is 0 Å². The van der Waals surface area contributed by atoms with Crippen LogP contribution in [0.25, 0.3) is 0 Å². The number of aromatic amines is 1. The van der Waals surface area contributed by atoms with Gasteiger partial charge in [0.25, 0.3) is 0 Å². The molecular weight excluding hydrogens is 168 g/mol. The van der Waals surface area contributed by atoms with Gasteiger partial charge in [-0.05, 0) is 13.8 Å². The fourth-order valence-electron chi connectivity index (χ4n) is 1.08. The second-order valence-corrected chi connectivity index (χ2v) is 2.83. The molecule has 0 spiro atoms. The molecule has 0 bridgehead atoms. The van der Waals surface area contributed by atoms with E-state index in [1.165, 1.54) is 6.33 Å². The van der Waals surface area contributed by atoms with Crippen LogP contribution < -0.4 is 0 Å². The molecule has 2 aromatic heterocycles. The van der Waals surface area contributed by atoms with E-state index in [1.807, 2.05) is 13.8 Å². The Balaban J connectivity index is 2.28. The van der Waals surface area contributed by atoms with E-state index in [1.54, 1.807) is 11.0 Å². The summed E-state index contributed by atoms with van der Waals surface area (Å²) < 4.78 is 1.71. The molecule has 0 radical (unpaired) electrons. The Morgan fingerprint density at radius 3 is 2.92 bits per heavy atom. The van der Waals surface area contributed by atoms with Gasteiger partial charge in [-0.2, -0.15) is 10.2 Å². The van der Waals surface area contributed by atoms with Crippen LogP contribution in [0.3, 0.4) is 0 Å². The maximum atomic E-state index is 4.21. The van der Waals surface area contributed by atoms with Crippen LogP contribution in [0.15, 0.2) is 12.7 Å². The van der Waals surface area contributed by atoms with Gasteiger partial charge in [0.15, 0.2) is 5.82 Å². The van der Waals surface area contributed by atoms with Crippen molar-refractivity contribution in [2.24, 2.45) is 0 Å². The Bertz CT molecular complexity index is 375. The maximum Gasteiger partial charge on any atom is 0.174 e.